The number of carbonyl (C=O) groups is 1. The minimum atomic E-state index is -0.308. The van der Waals surface area contributed by atoms with E-state index in [0.717, 1.165) is 31.5 Å². The van der Waals surface area contributed by atoms with Gasteiger partial charge in [0.15, 0.2) is 0 Å². The van der Waals surface area contributed by atoms with Crippen LogP contribution in [0.1, 0.15) is 31.7 Å². The van der Waals surface area contributed by atoms with Gasteiger partial charge >= 0.3 is 0 Å². The predicted molar refractivity (Wildman–Crippen MR) is 80.1 cm³/mol. The molecule has 5 heteroatoms. The van der Waals surface area contributed by atoms with E-state index in [1.807, 2.05) is 17.0 Å². The molecule has 1 aromatic rings. The summed E-state index contributed by atoms with van der Waals surface area (Å²) < 4.78 is 0. The molecule has 1 aliphatic rings. The van der Waals surface area contributed by atoms with Gasteiger partial charge in [-0.1, -0.05) is 13.0 Å². The zero-order chi connectivity index (χ0) is 15.1. The van der Waals surface area contributed by atoms with E-state index in [4.69, 9.17) is 5.26 Å². The number of amides is 1. The van der Waals surface area contributed by atoms with Crippen molar-refractivity contribution < 1.29 is 4.79 Å². The average molecular weight is 286 g/mol. The highest BCUT2D eigenvalue weighted by Gasteiger charge is 2.41. The molecule has 112 valence electrons. The van der Waals surface area contributed by atoms with Crippen molar-refractivity contribution in [3.63, 3.8) is 0 Å². The van der Waals surface area contributed by atoms with Gasteiger partial charge in [-0.2, -0.15) is 5.26 Å². The fourth-order valence-electron chi connectivity index (χ4n) is 2.86. The first-order chi connectivity index (χ1) is 10.2. The van der Waals surface area contributed by atoms with Crippen LogP contribution in [0.25, 0.3) is 0 Å². The van der Waals surface area contributed by atoms with Gasteiger partial charge in [0.2, 0.25) is 5.91 Å². The maximum absolute atomic E-state index is 13.0. The van der Waals surface area contributed by atoms with E-state index in [2.05, 4.69) is 23.3 Å². The molecule has 1 fully saturated rings. The van der Waals surface area contributed by atoms with E-state index in [-0.39, 0.29) is 11.3 Å². The summed E-state index contributed by atoms with van der Waals surface area (Å²) in [7, 11) is 0. The highest BCUT2D eigenvalue weighted by Crippen LogP contribution is 2.32. The Kier molecular flexibility index (Phi) is 5.29. The van der Waals surface area contributed by atoms with Crippen LogP contribution in [-0.4, -0.2) is 35.4 Å². The number of nitrogens with zero attached hydrogens (tertiary/aromatic N) is 3. The topological polar surface area (TPSA) is 69.0 Å². The zero-order valence-corrected chi connectivity index (χ0v) is 12.5. The number of nitriles is 1. The summed E-state index contributed by atoms with van der Waals surface area (Å²) in [4.78, 5) is 18.9. The number of carbonyl (C=O) groups excluding carboxylic acids is 1. The number of nitrogens with one attached hydrogen (secondary N) is 1. The van der Waals surface area contributed by atoms with Gasteiger partial charge in [-0.3, -0.25) is 9.78 Å². The third kappa shape index (κ3) is 3.59. The lowest BCUT2D eigenvalue weighted by molar-refractivity contribution is -0.142. The summed E-state index contributed by atoms with van der Waals surface area (Å²) in [5.74, 6) is 0.161. The lowest BCUT2D eigenvalue weighted by Crippen LogP contribution is -2.45. The molecule has 1 saturated heterocycles. The fourth-order valence-corrected chi connectivity index (χ4v) is 2.86. The van der Waals surface area contributed by atoms with Gasteiger partial charge in [0.05, 0.1) is 17.9 Å². The first kappa shape index (κ1) is 15.5. The van der Waals surface area contributed by atoms with Crippen LogP contribution in [0, 0.1) is 16.7 Å². The van der Waals surface area contributed by atoms with Gasteiger partial charge in [-0.15, -0.1) is 0 Å². The summed E-state index contributed by atoms with van der Waals surface area (Å²) in [5, 5.41) is 12.1. The molecule has 2 heterocycles. The van der Waals surface area contributed by atoms with Crippen molar-refractivity contribution in [2.45, 2.75) is 32.7 Å². The maximum Gasteiger partial charge on any atom is 0.230 e. The van der Waals surface area contributed by atoms with Gasteiger partial charge < -0.3 is 10.2 Å². The third-order valence-electron chi connectivity index (χ3n) is 4.25. The summed E-state index contributed by atoms with van der Waals surface area (Å²) in [6.45, 7) is 4.69. The molecule has 1 aliphatic heterocycles. The Morgan fingerprint density at radius 2 is 2.48 bits per heavy atom. The largest absolute Gasteiger partial charge is 0.337 e. The summed E-state index contributed by atoms with van der Waals surface area (Å²) in [5.41, 5.74) is 0.693. The molecule has 1 N–H and O–H groups in total. The lowest BCUT2D eigenvalue weighted by atomic mass is 9.82. The Hall–Kier alpha value is -1.93. The number of hydrogen-bond donors (Lipinski definition) is 1. The third-order valence-corrected chi connectivity index (χ3v) is 4.25. The molecular weight excluding hydrogens is 264 g/mol. The van der Waals surface area contributed by atoms with Crippen LogP contribution in [0.15, 0.2) is 24.5 Å². The van der Waals surface area contributed by atoms with Crippen molar-refractivity contribution in [2.75, 3.05) is 19.6 Å². The molecule has 1 amide bonds. The van der Waals surface area contributed by atoms with Crippen LogP contribution >= 0.6 is 0 Å². The number of rotatable bonds is 6. The zero-order valence-electron chi connectivity index (χ0n) is 12.5. The Balaban J connectivity index is 2.15. The molecule has 1 atom stereocenters. The van der Waals surface area contributed by atoms with Crippen LogP contribution in [0.5, 0.6) is 0 Å². The van der Waals surface area contributed by atoms with Gasteiger partial charge in [0.1, 0.15) is 0 Å². The van der Waals surface area contributed by atoms with Crippen molar-refractivity contribution in [1.29, 1.82) is 5.26 Å². The monoisotopic (exact) mass is 286 g/mol. The summed E-state index contributed by atoms with van der Waals surface area (Å²) >= 11 is 0. The van der Waals surface area contributed by atoms with Crippen molar-refractivity contribution in [3.8, 4) is 6.07 Å². The highest BCUT2D eigenvalue weighted by atomic mass is 16.2. The van der Waals surface area contributed by atoms with Crippen LogP contribution in [0.3, 0.4) is 0 Å². The maximum atomic E-state index is 13.0. The van der Waals surface area contributed by atoms with E-state index in [0.29, 0.717) is 19.5 Å². The molecule has 0 radical (unpaired) electrons. The molecule has 0 aliphatic carbocycles. The van der Waals surface area contributed by atoms with E-state index in [1.165, 1.54) is 0 Å². The van der Waals surface area contributed by atoms with E-state index >= 15 is 0 Å². The Labute approximate surface area is 126 Å². The molecular formula is C16H22N4O. The SMILES string of the molecule is CCC1(C(=O)N(CCC#N)Cc2cccnc2)CCNC1. The first-order valence-electron chi connectivity index (χ1n) is 7.48. The quantitative estimate of drug-likeness (QED) is 0.864. The highest BCUT2D eigenvalue weighted by molar-refractivity contribution is 5.83. The Morgan fingerprint density at radius 1 is 1.62 bits per heavy atom. The van der Waals surface area contributed by atoms with Crippen LogP contribution in [0.2, 0.25) is 0 Å². The van der Waals surface area contributed by atoms with Crippen LogP contribution < -0.4 is 5.32 Å². The smallest absolute Gasteiger partial charge is 0.230 e. The van der Waals surface area contributed by atoms with Crippen LogP contribution in [0.4, 0.5) is 0 Å². The van der Waals surface area contributed by atoms with E-state index in [9.17, 15) is 4.79 Å². The molecule has 0 saturated carbocycles. The normalized spacial score (nSPS) is 21.0. The second-order valence-electron chi connectivity index (χ2n) is 5.56. The molecule has 5 nitrogen and oxygen atoms in total. The predicted octanol–water partition coefficient (Wildman–Crippen LogP) is 1.71. The van der Waals surface area contributed by atoms with Gasteiger partial charge in [0, 0.05) is 32.0 Å². The van der Waals surface area contributed by atoms with Crippen molar-refractivity contribution in [2.24, 2.45) is 5.41 Å². The summed E-state index contributed by atoms with van der Waals surface area (Å²) in [6, 6.07) is 5.97. The average Bonchev–Trinajstić information content (AvgIpc) is 3.02. The van der Waals surface area contributed by atoms with Crippen molar-refractivity contribution in [1.82, 2.24) is 15.2 Å². The number of hydrogen-bond acceptors (Lipinski definition) is 4. The van der Waals surface area contributed by atoms with E-state index < -0.39 is 0 Å². The molecule has 0 bridgehead atoms. The van der Waals surface area contributed by atoms with E-state index in [1.54, 1.807) is 12.4 Å². The minimum absolute atomic E-state index is 0.161. The minimum Gasteiger partial charge on any atom is -0.337 e. The van der Waals surface area contributed by atoms with Gasteiger partial charge in [0.25, 0.3) is 0 Å². The second-order valence-corrected chi connectivity index (χ2v) is 5.56. The lowest BCUT2D eigenvalue weighted by Gasteiger charge is -2.33. The molecule has 0 spiro atoms. The molecule has 21 heavy (non-hydrogen) atoms. The fraction of sp³-hybridized carbons (Fsp3) is 0.562. The molecule has 0 aromatic carbocycles. The first-order valence-corrected chi connectivity index (χ1v) is 7.48. The Bertz CT molecular complexity index is 503. The van der Waals surface area contributed by atoms with Gasteiger partial charge in [-0.05, 0) is 31.0 Å². The molecule has 2 rings (SSSR count). The van der Waals surface area contributed by atoms with Gasteiger partial charge in [-0.25, -0.2) is 0 Å². The second kappa shape index (κ2) is 7.19. The summed E-state index contributed by atoms with van der Waals surface area (Å²) in [6.07, 6.45) is 5.56. The van der Waals surface area contributed by atoms with Crippen molar-refractivity contribution >= 4 is 5.91 Å². The number of pyridine rings is 1. The van der Waals surface area contributed by atoms with Crippen molar-refractivity contribution in [3.05, 3.63) is 30.1 Å². The Morgan fingerprint density at radius 3 is 3.05 bits per heavy atom. The molecule has 1 aromatic heterocycles. The standard InChI is InChI=1S/C16H22N4O/c1-2-16(6-9-19-13-16)15(21)20(10-4-7-17)12-14-5-3-8-18-11-14/h3,5,8,11,19H,2,4,6,9-10,12-13H2,1H3. The van der Waals surface area contributed by atoms with Crippen LogP contribution in [-0.2, 0) is 11.3 Å². The number of aromatic nitrogens is 1. The molecule has 1 unspecified atom stereocenters.